The Hall–Kier alpha value is -2.31. The molecule has 0 saturated carbocycles. The fourth-order valence-electron chi connectivity index (χ4n) is 6.44. The van der Waals surface area contributed by atoms with E-state index in [1.54, 1.807) is 18.1 Å². The van der Waals surface area contributed by atoms with Gasteiger partial charge in [-0.1, -0.05) is 88.7 Å². The van der Waals surface area contributed by atoms with Crippen molar-refractivity contribution in [3.8, 4) is 17.2 Å². The third-order valence-electron chi connectivity index (χ3n) is 9.57. The topological polar surface area (TPSA) is 100 Å². The van der Waals surface area contributed by atoms with Gasteiger partial charge in [-0.2, -0.15) is 0 Å². The quantitative estimate of drug-likeness (QED) is 0.240. The monoisotopic (exact) mass is 648 g/mol. The van der Waals surface area contributed by atoms with Crippen LogP contribution < -0.4 is 19.6 Å². The summed E-state index contributed by atoms with van der Waals surface area (Å²) in [5.74, 6) is 0.727. The summed E-state index contributed by atoms with van der Waals surface area (Å²) >= 11 is 0. The number of nitrogens with two attached hydrogens (primary N) is 1. The molecule has 0 radical (unpaired) electrons. The molecule has 250 valence electrons. The zero-order chi connectivity index (χ0) is 34.2. The molecule has 44 heavy (non-hydrogen) atoms. The van der Waals surface area contributed by atoms with Crippen molar-refractivity contribution in [2.75, 3.05) is 13.7 Å². The van der Waals surface area contributed by atoms with Crippen molar-refractivity contribution in [3.05, 3.63) is 29.0 Å². The van der Waals surface area contributed by atoms with Crippen LogP contribution in [-0.4, -0.2) is 53.3 Å². The Morgan fingerprint density at radius 2 is 1.50 bits per heavy atom. The zero-order valence-electron chi connectivity index (χ0n) is 30.4. The van der Waals surface area contributed by atoms with Crippen molar-refractivity contribution >= 4 is 28.6 Å². The van der Waals surface area contributed by atoms with E-state index in [0.29, 0.717) is 30.1 Å². The summed E-state index contributed by atoms with van der Waals surface area (Å²) in [6, 6.07) is 1.44. The Bertz CT molecular complexity index is 1220. The molecule has 10 heteroatoms. The number of carbonyl (C=O) groups excluding carboxylic acids is 2. The summed E-state index contributed by atoms with van der Waals surface area (Å²) < 4.78 is 25.4. The van der Waals surface area contributed by atoms with Crippen LogP contribution in [0.4, 0.5) is 4.79 Å². The number of primary amides is 1. The molecule has 1 aromatic carbocycles. The summed E-state index contributed by atoms with van der Waals surface area (Å²) in [5, 5.41) is 0.0362. The highest BCUT2D eigenvalue weighted by Crippen LogP contribution is 2.51. The van der Waals surface area contributed by atoms with Gasteiger partial charge < -0.3 is 29.0 Å². The summed E-state index contributed by atoms with van der Waals surface area (Å²) in [5.41, 5.74) is 7.80. The van der Waals surface area contributed by atoms with E-state index < -0.39 is 28.1 Å². The predicted molar refractivity (Wildman–Crippen MR) is 185 cm³/mol. The van der Waals surface area contributed by atoms with Gasteiger partial charge in [-0.15, -0.1) is 0 Å². The molecule has 2 rings (SSSR count). The zero-order valence-corrected chi connectivity index (χ0v) is 32.4. The van der Waals surface area contributed by atoms with Gasteiger partial charge in [0.2, 0.25) is 0 Å². The van der Waals surface area contributed by atoms with Gasteiger partial charge in [0, 0.05) is 17.8 Å². The first-order chi connectivity index (χ1) is 19.9. The van der Waals surface area contributed by atoms with Crippen LogP contribution in [0.2, 0.25) is 34.8 Å². The Kier molecular flexibility index (Phi) is 11.7. The Balaban J connectivity index is 2.85. The van der Waals surface area contributed by atoms with Crippen molar-refractivity contribution in [1.29, 1.82) is 0 Å². The van der Waals surface area contributed by atoms with Crippen LogP contribution in [0.15, 0.2) is 17.8 Å². The minimum Gasteiger partial charge on any atom is -0.540 e. The van der Waals surface area contributed by atoms with Crippen molar-refractivity contribution < 1.29 is 27.9 Å². The number of hydrogen-bond donors (Lipinski definition) is 1. The molecule has 8 nitrogen and oxygen atoms in total. The van der Waals surface area contributed by atoms with Gasteiger partial charge in [0.1, 0.15) is 5.75 Å². The SMILES string of the molecule is COc1c(O[Si](C(C)C)(C(C)C)C(C)C)cc(OC(N)=O)c(C(=O)N2C=C(C)C[C@H]2CO[Si](C)(C)C(C)(C)C)c1C(C)(C)C. The number of benzene rings is 1. The maximum atomic E-state index is 14.7. The summed E-state index contributed by atoms with van der Waals surface area (Å²) in [7, 11) is -2.93. The molecule has 0 fully saturated rings. The Morgan fingerprint density at radius 1 is 0.977 bits per heavy atom. The van der Waals surface area contributed by atoms with E-state index in [9.17, 15) is 9.59 Å². The lowest BCUT2D eigenvalue weighted by atomic mass is 9.81. The highest BCUT2D eigenvalue weighted by molar-refractivity contribution is 6.78. The molecule has 0 saturated heterocycles. The molecule has 1 aliphatic heterocycles. The van der Waals surface area contributed by atoms with Crippen molar-refractivity contribution in [1.82, 2.24) is 4.90 Å². The van der Waals surface area contributed by atoms with Gasteiger partial charge in [0.05, 0.1) is 25.3 Å². The fraction of sp³-hybridized carbons (Fsp3) is 0.706. The molecule has 1 aromatic rings. The number of hydrogen-bond acceptors (Lipinski definition) is 6. The van der Waals surface area contributed by atoms with Crippen LogP contribution >= 0.6 is 0 Å². The van der Waals surface area contributed by atoms with Crippen molar-refractivity contribution in [3.63, 3.8) is 0 Å². The molecular weight excluding hydrogens is 589 g/mol. The normalized spacial score (nSPS) is 16.6. The first-order valence-electron chi connectivity index (χ1n) is 16.0. The van der Waals surface area contributed by atoms with Crippen LogP contribution in [-0.2, 0) is 9.84 Å². The van der Waals surface area contributed by atoms with Crippen LogP contribution in [0.3, 0.4) is 0 Å². The Morgan fingerprint density at radius 3 is 1.91 bits per heavy atom. The molecule has 1 aliphatic rings. The van der Waals surface area contributed by atoms with E-state index in [2.05, 4.69) is 75.4 Å². The standard InChI is InChI=1S/C34H60N2O6Si2/c1-21(2)44(22(3)4,23(5)6)42-27-18-26(41-32(35)38)28(29(30(27)39-14)33(8,9)10)31(37)36-19-24(7)17-25(36)20-40-43(15,16)34(11,12)13/h18-19,21-23,25H,17,20H2,1-16H3,(H2,35,38)/t25-/m0/s1. The van der Waals surface area contributed by atoms with Crippen molar-refractivity contribution in [2.45, 2.75) is 143 Å². The molecule has 0 bridgehead atoms. The number of rotatable bonds is 11. The van der Waals surface area contributed by atoms with Crippen molar-refractivity contribution in [2.24, 2.45) is 5.73 Å². The minimum absolute atomic E-state index is 0.0362. The molecule has 2 amide bonds. The highest BCUT2D eigenvalue weighted by atomic mass is 28.4. The van der Waals surface area contributed by atoms with E-state index in [0.717, 1.165) is 5.57 Å². The maximum absolute atomic E-state index is 14.7. The molecular formula is C34H60N2O6Si2. The maximum Gasteiger partial charge on any atom is 0.409 e. The molecule has 0 unspecified atom stereocenters. The van der Waals surface area contributed by atoms with E-state index >= 15 is 0 Å². The number of ether oxygens (including phenoxy) is 2. The predicted octanol–water partition coefficient (Wildman–Crippen LogP) is 9.14. The van der Waals surface area contributed by atoms with E-state index in [1.807, 2.05) is 33.9 Å². The lowest BCUT2D eigenvalue weighted by molar-refractivity contribution is 0.0732. The van der Waals surface area contributed by atoms with Gasteiger partial charge in [0.15, 0.2) is 19.8 Å². The molecule has 2 N–H and O–H groups in total. The van der Waals surface area contributed by atoms with Crippen LogP contribution in [0.25, 0.3) is 0 Å². The second-order valence-electron chi connectivity index (χ2n) is 15.9. The van der Waals surface area contributed by atoms with Crippen LogP contribution in [0, 0.1) is 0 Å². The Labute approximate surface area is 269 Å². The van der Waals surface area contributed by atoms with Crippen LogP contribution in [0.5, 0.6) is 17.2 Å². The van der Waals surface area contributed by atoms with E-state index in [4.69, 9.17) is 24.1 Å². The largest absolute Gasteiger partial charge is 0.540 e. The van der Waals surface area contributed by atoms with Gasteiger partial charge in [-0.05, 0) is 53.5 Å². The second-order valence-corrected chi connectivity index (χ2v) is 26.0. The van der Waals surface area contributed by atoms with Gasteiger partial charge in [-0.3, -0.25) is 4.79 Å². The minimum atomic E-state index is -2.46. The molecule has 0 spiro atoms. The first-order valence-corrected chi connectivity index (χ1v) is 21.0. The average molecular weight is 649 g/mol. The molecule has 0 aromatic heterocycles. The first kappa shape index (κ1) is 37.9. The van der Waals surface area contributed by atoms with E-state index in [1.165, 1.54) is 0 Å². The lowest BCUT2D eigenvalue weighted by Crippen LogP contribution is -2.50. The highest BCUT2D eigenvalue weighted by Gasteiger charge is 2.48. The summed E-state index contributed by atoms with van der Waals surface area (Å²) in [6.45, 7) is 32.7. The number of amides is 2. The second kappa shape index (κ2) is 13.6. The van der Waals surface area contributed by atoms with Crippen LogP contribution in [0.1, 0.15) is 112 Å². The lowest BCUT2D eigenvalue weighted by Gasteiger charge is -2.43. The molecule has 0 aliphatic carbocycles. The number of nitrogens with zero attached hydrogens (tertiary/aromatic N) is 1. The number of methoxy groups -OCH3 is 1. The summed E-state index contributed by atoms with van der Waals surface area (Å²) in [6.07, 6.45) is 1.58. The number of carbonyl (C=O) groups is 2. The van der Waals surface area contributed by atoms with E-state index in [-0.39, 0.29) is 44.9 Å². The molecule has 1 atom stereocenters. The fourth-order valence-corrected chi connectivity index (χ4v) is 12.7. The average Bonchev–Trinajstić information content (AvgIpc) is 3.23. The third kappa shape index (κ3) is 7.73. The molecule has 1 heterocycles. The smallest absolute Gasteiger partial charge is 0.409 e. The van der Waals surface area contributed by atoms with Gasteiger partial charge in [0.25, 0.3) is 14.2 Å². The van der Waals surface area contributed by atoms with Gasteiger partial charge in [-0.25, -0.2) is 4.79 Å². The summed E-state index contributed by atoms with van der Waals surface area (Å²) in [4.78, 5) is 28.7. The van der Waals surface area contributed by atoms with Gasteiger partial charge >= 0.3 is 6.09 Å². The third-order valence-corrected chi connectivity index (χ3v) is 20.1.